The molecule has 280 valence electrons. The third kappa shape index (κ3) is 5.75. The Morgan fingerprint density at radius 3 is 1.94 bits per heavy atom. The standard InChI is InChI=1S/C43H52N4O6/c1-42(2,3)53-41(49)44-16-22-50-24-25-51-23-21-47-40(48)30-12-4-5-15-33(30)43(47)34-26-28-10-6-17-45-19-8-13-31(36(28)45)38(34)52-39-32-14-9-20-46-18-7-11-29(37(32)46)27-35(39)43/h4-5,12,15,26-27H,6-11,13-14,16-25H2,1-3H3,(H,44,49). The Morgan fingerprint density at radius 1 is 0.774 bits per heavy atom. The molecule has 6 aliphatic rings. The molecule has 3 aromatic rings. The van der Waals surface area contributed by atoms with Gasteiger partial charge in [0.15, 0.2) is 0 Å². The molecule has 3 aromatic carbocycles. The van der Waals surface area contributed by atoms with Gasteiger partial charge in [-0.3, -0.25) is 4.79 Å². The lowest BCUT2D eigenvalue weighted by molar-refractivity contribution is 0.0265. The average Bonchev–Trinajstić information content (AvgIpc) is 3.39. The number of ether oxygens (including phenoxy) is 4. The minimum absolute atomic E-state index is 0.0356. The fourth-order valence-corrected chi connectivity index (χ4v) is 9.98. The summed E-state index contributed by atoms with van der Waals surface area (Å²) in [5, 5.41) is 2.72. The first-order valence-electron chi connectivity index (χ1n) is 19.9. The summed E-state index contributed by atoms with van der Waals surface area (Å²) in [4.78, 5) is 34.0. The molecule has 53 heavy (non-hydrogen) atoms. The second kappa shape index (κ2) is 13.5. The van der Waals surface area contributed by atoms with Gasteiger partial charge < -0.3 is 39.0 Å². The molecule has 0 saturated heterocycles. The lowest BCUT2D eigenvalue weighted by Gasteiger charge is -2.49. The van der Waals surface area contributed by atoms with Gasteiger partial charge in [0, 0.05) is 78.5 Å². The lowest BCUT2D eigenvalue weighted by atomic mass is 9.70. The number of carbonyl (C=O) groups excluding carboxylic acids is 2. The third-order valence-electron chi connectivity index (χ3n) is 11.9. The normalized spacial score (nSPS) is 18.8. The maximum atomic E-state index is 14.8. The van der Waals surface area contributed by atoms with E-state index in [9.17, 15) is 9.59 Å². The van der Waals surface area contributed by atoms with Crippen molar-refractivity contribution < 1.29 is 28.5 Å². The first kappa shape index (κ1) is 34.5. The van der Waals surface area contributed by atoms with Crippen LogP contribution in [0.2, 0.25) is 0 Å². The highest BCUT2D eigenvalue weighted by molar-refractivity contribution is 6.03. The van der Waals surface area contributed by atoms with Gasteiger partial charge >= 0.3 is 6.09 Å². The second-order valence-electron chi connectivity index (χ2n) is 16.3. The van der Waals surface area contributed by atoms with E-state index in [-0.39, 0.29) is 5.91 Å². The van der Waals surface area contributed by atoms with Crippen molar-refractivity contribution in [2.75, 3.05) is 75.5 Å². The summed E-state index contributed by atoms with van der Waals surface area (Å²) in [6, 6.07) is 13.1. The van der Waals surface area contributed by atoms with Crippen LogP contribution in [0.3, 0.4) is 0 Å². The highest BCUT2D eigenvalue weighted by Gasteiger charge is 2.58. The zero-order valence-electron chi connectivity index (χ0n) is 31.5. The van der Waals surface area contributed by atoms with Crippen LogP contribution in [0.5, 0.6) is 11.5 Å². The van der Waals surface area contributed by atoms with Crippen LogP contribution in [0.1, 0.15) is 95.8 Å². The van der Waals surface area contributed by atoms with Crippen molar-refractivity contribution >= 4 is 23.4 Å². The molecule has 1 N–H and O–H groups in total. The van der Waals surface area contributed by atoms with Crippen LogP contribution in [0, 0.1) is 0 Å². The second-order valence-corrected chi connectivity index (χ2v) is 16.3. The van der Waals surface area contributed by atoms with Crippen LogP contribution >= 0.6 is 0 Å². The van der Waals surface area contributed by atoms with Gasteiger partial charge in [-0.15, -0.1) is 0 Å². The van der Waals surface area contributed by atoms with Crippen LogP contribution in [0.4, 0.5) is 16.2 Å². The molecule has 0 atom stereocenters. The highest BCUT2D eigenvalue weighted by Crippen LogP contribution is 2.62. The third-order valence-corrected chi connectivity index (χ3v) is 11.9. The van der Waals surface area contributed by atoms with E-state index in [1.54, 1.807) is 0 Å². The van der Waals surface area contributed by atoms with E-state index < -0.39 is 17.2 Å². The monoisotopic (exact) mass is 720 g/mol. The predicted octanol–water partition coefficient (Wildman–Crippen LogP) is 6.50. The van der Waals surface area contributed by atoms with Crippen molar-refractivity contribution in [2.24, 2.45) is 0 Å². The molecule has 10 heteroatoms. The molecule has 6 heterocycles. The number of aryl methyl sites for hydroxylation is 2. The van der Waals surface area contributed by atoms with Gasteiger partial charge in [-0.2, -0.15) is 0 Å². The topological polar surface area (TPSA) is 92.8 Å². The van der Waals surface area contributed by atoms with Gasteiger partial charge in [0.2, 0.25) is 0 Å². The maximum absolute atomic E-state index is 14.8. The number of fused-ring (bicyclic) bond motifs is 8. The number of benzene rings is 3. The molecule has 0 aliphatic carbocycles. The number of rotatable bonds is 9. The summed E-state index contributed by atoms with van der Waals surface area (Å²) >= 11 is 0. The first-order chi connectivity index (χ1) is 25.8. The van der Waals surface area contributed by atoms with E-state index in [0.717, 1.165) is 111 Å². The molecular formula is C43H52N4O6. The predicted molar refractivity (Wildman–Crippen MR) is 204 cm³/mol. The van der Waals surface area contributed by atoms with Crippen molar-refractivity contribution in [1.82, 2.24) is 10.2 Å². The van der Waals surface area contributed by atoms with Crippen LogP contribution in [0.25, 0.3) is 0 Å². The Labute approximate surface area is 312 Å². The average molecular weight is 721 g/mol. The smallest absolute Gasteiger partial charge is 0.407 e. The van der Waals surface area contributed by atoms with Crippen molar-refractivity contribution in [3.05, 3.63) is 80.9 Å². The van der Waals surface area contributed by atoms with Gasteiger partial charge in [0.1, 0.15) is 22.6 Å². The number of hydrogen-bond acceptors (Lipinski definition) is 8. The quantitative estimate of drug-likeness (QED) is 0.251. The van der Waals surface area contributed by atoms with Gasteiger partial charge in [0.25, 0.3) is 5.91 Å². The van der Waals surface area contributed by atoms with Crippen molar-refractivity contribution in [1.29, 1.82) is 0 Å². The van der Waals surface area contributed by atoms with E-state index in [1.165, 1.54) is 33.6 Å². The zero-order valence-corrected chi connectivity index (χ0v) is 31.5. The fourth-order valence-electron chi connectivity index (χ4n) is 9.98. The first-order valence-corrected chi connectivity index (χ1v) is 19.9. The number of nitrogens with one attached hydrogen (secondary N) is 1. The molecule has 0 radical (unpaired) electrons. The van der Waals surface area contributed by atoms with E-state index in [4.69, 9.17) is 18.9 Å². The number of anilines is 2. The van der Waals surface area contributed by atoms with E-state index in [2.05, 4.69) is 44.3 Å². The van der Waals surface area contributed by atoms with Crippen LogP contribution in [0.15, 0.2) is 36.4 Å². The SMILES string of the molecule is CC(C)(C)OC(=O)NCCOCCOCCN1C(=O)c2ccccc2C12c1cc3c4c(c1Oc1c2cc2c5c1CCCN5CCC2)CCCN4CCC3. The molecule has 10 nitrogen and oxygen atoms in total. The van der Waals surface area contributed by atoms with Crippen LogP contribution < -0.4 is 19.9 Å². The van der Waals surface area contributed by atoms with Gasteiger partial charge in [0.05, 0.1) is 26.4 Å². The lowest BCUT2D eigenvalue weighted by Crippen LogP contribution is -2.49. The number of amides is 2. The summed E-state index contributed by atoms with van der Waals surface area (Å²) in [6.07, 6.45) is 8.04. The van der Waals surface area contributed by atoms with Crippen LogP contribution in [-0.4, -0.2) is 88.2 Å². The Morgan fingerprint density at radius 2 is 1.34 bits per heavy atom. The molecule has 2 amide bonds. The minimum atomic E-state index is -0.833. The summed E-state index contributed by atoms with van der Waals surface area (Å²) in [6.45, 7) is 12.1. The fraction of sp³-hybridized carbons (Fsp3) is 0.535. The van der Waals surface area contributed by atoms with Crippen molar-refractivity contribution in [3.63, 3.8) is 0 Å². The number of hydrogen-bond donors (Lipinski definition) is 1. The summed E-state index contributed by atoms with van der Waals surface area (Å²) < 4.78 is 24.6. The van der Waals surface area contributed by atoms with Gasteiger partial charge in [-0.1, -0.05) is 18.2 Å². The van der Waals surface area contributed by atoms with Crippen LogP contribution in [-0.2, 0) is 45.4 Å². The summed E-state index contributed by atoms with van der Waals surface area (Å²) in [7, 11) is 0. The largest absolute Gasteiger partial charge is 0.456 e. The van der Waals surface area contributed by atoms with Crippen molar-refractivity contribution in [3.8, 4) is 11.5 Å². The van der Waals surface area contributed by atoms with Gasteiger partial charge in [-0.05, 0) is 107 Å². The highest BCUT2D eigenvalue weighted by atomic mass is 16.6. The Bertz CT molecular complexity index is 1870. The maximum Gasteiger partial charge on any atom is 0.407 e. The zero-order chi connectivity index (χ0) is 36.3. The minimum Gasteiger partial charge on any atom is -0.456 e. The Kier molecular flexibility index (Phi) is 8.81. The van der Waals surface area contributed by atoms with Crippen molar-refractivity contribution in [2.45, 2.75) is 83.3 Å². The molecule has 0 bridgehead atoms. The Balaban J connectivity index is 1.07. The van der Waals surface area contributed by atoms with E-state index in [0.29, 0.717) is 39.5 Å². The number of carbonyl (C=O) groups is 2. The van der Waals surface area contributed by atoms with E-state index >= 15 is 0 Å². The number of nitrogens with zero attached hydrogens (tertiary/aromatic N) is 3. The molecule has 0 fully saturated rings. The number of alkyl carbamates (subject to hydrolysis) is 1. The van der Waals surface area contributed by atoms with E-state index in [1.807, 2.05) is 32.9 Å². The Hall–Kier alpha value is -4.28. The molecule has 6 aliphatic heterocycles. The molecule has 9 rings (SSSR count). The molecule has 1 spiro atoms. The van der Waals surface area contributed by atoms with Gasteiger partial charge in [-0.25, -0.2) is 4.79 Å². The molecule has 0 unspecified atom stereocenters. The summed E-state index contributed by atoms with van der Waals surface area (Å²) in [5.41, 5.74) is 10.8. The summed E-state index contributed by atoms with van der Waals surface area (Å²) in [5.74, 6) is 1.97. The molecular weight excluding hydrogens is 668 g/mol. The molecule has 0 aromatic heterocycles. The molecule has 0 saturated carbocycles.